The summed E-state index contributed by atoms with van der Waals surface area (Å²) < 4.78 is 14.7. The van der Waals surface area contributed by atoms with Gasteiger partial charge in [0.1, 0.15) is 11.9 Å². The molecule has 1 unspecified atom stereocenters. The first-order valence-corrected chi connectivity index (χ1v) is 10.6. The van der Waals surface area contributed by atoms with Crippen LogP contribution in [0.25, 0.3) is 0 Å². The Hall–Kier alpha value is -3.46. The van der Waals surface area contributed by atoms with Gasteiger partial charge in [-0.1, -0.05) is 11.6 Å². The van der Waals surface area contributed by atoms with Crippen LogP contribution in [0, 0.1) is 5.82 Å². The molecule has 1 saturated heterocycles. The number of hydrogen-bond donors (Lipinski definition) is 2. The summed E-state index contributed by atoms with van der Waals surface area (Å²) in [5.41, 5.74) is 0.918. The van der Waals surface area contributed by atoms with Crippen molar-refractivity contribution in [3.8, 4) is 0 Å². The first-order chi connectivity index (χ1) is 15.4. The predicted molar refractivity (Wildman–Crippen MR) is 120 cm³/mol. The van der Waals surface area contributed by atoms with Crippen molar-refractivity contribution in [2.24, 2.45) is 5.10 Å². The van der Waals surface area contributed by atoms with Crippen LogP contribution in [0.3, 0.4) is 0 Å². The third kappa shape index (κ3) is 4.72. The molecule has 1 fully saturated rings. The normalized spacial score (nSPS) is 18.1. The van der Waals surface area contributed by atoms with Gasteiger partial charge in [-0.2, -0.15) is 5.10 Å². The van der Waals surface area contributed by atoms with Crippen LogP contribution in [0.4, 0.5) is 26.2 Å². The van der Waals surface area contributed by atoms with Gasteiger partial charge in [0.05, 0.1) is 5.69 Å². The van der Waals surface area contributed by atoms with E-state index in [0.717, 1.165) is 17.9 Å². The fourth-order valence-electron chi connectivity index (χ4n) is 3.61. The van der Waals surface area contributed by atoms with Gasteiger partial charge < -0.3 is 15.5 Å². The fraction of sp³-hybridized carbons (Fsp3) is 0.273. The number of nitrogens with one attached hydrogen (secondary N) is 2. The molecule has 2 N–H and O–H groups in total. The van der Waals surface area contributed by atoms with Crippen molar-refractivity contribution >= 4 is 52.7 Å². The molecule has 2 aliphatic heterocycles. The molecule has 2 aliphatic rings. The van der Waals surface area contributed by atoms with Crippen molar-refractivity contribution < 1.29 is 18.8 Å². The number of urea groups is 1. The van der Waals surface area contributed by atoms with Crippen molar-refractivity contribution in [1.82, 2.24) is 5.01 Å². The number of piperidine rings is 1. The van der Waals surface area contributed by atoms with Gasteiger partial charge in [-0.05, 0) is 55.3 Å². The lowest BCUT2D eigenvalue weighted by Gasteiger charge is -2.27. The fourth-order valence-corrected chi connectivity index (χ4v) is 3.74. The van der Waals surface area contributed by atoms with Gasteiger partial charge in [-0.25, -0.2) is 14.2 Å². The van der Waals surface area contributed by atoms with Crippen LogP contribution >= 0.6 is 11.6 Å². The van der Waals surface area contributed by atoms with Gasteiger partial charge in [-0.3, -0.25) is 9.59 Å². The van der Waals surface area contributed by atoms with Crippen LogP contribution in [0.5, 0.6) is 0 Å². The highest BCUT2D eigenvalue weighted by atomic mass is 35.5. The van der Waals surface area contributed by atoms with E-state index >= 15 is 0 Å². The molecule has 0 aliphatic carbocycles. The van der Waals surface area contributed by atoms with Gasteiger partial charge in [-0.15, -0.1) is 0 Å². The van der Waals surface area contributed by atoms with Crippen LogP contribution in [0.1, 0.15) is 25.7 Å². The number of anilines is 3. The monoisotopic (exact) mass is 457 g/mol. The number of carbonyl (C=O) groups excluding carboxylic acids is 3. The number of nitrogens with zero attached hydrogens (tertiary/aromatic N) is 3. The van der Waals surface area contributed by atoms with E-state index in [9.17, 15) is 18.8 Å². The molecule has 4 amide bonds. The quantitative estimate of drug-likeness (QED) is 0.719. The number of amides is 4. The maximum Gasteiger partial charge on any atom is 0.343 e. The Morgan fingerprint density at radius 2 is 1.88 bits per heavy atom. The Bertz CT molecular complexity index is 1080. The highest BCUT2D eigenvalue weighted by Gasteiger charge is 2.33. The second-order valence-electron chi connectivity index (χ2n) is 7.49. The smallest absolute Gasteiger partial charge is 0.322 e. The van der Waals surface area contributed by atoms with E-state index in [1.165, 1.54) is 18.3 Å². The van der Waals surface area contributed by atoms with Crippen molar-refractivity contribution in [3.63, 3.8) is 0 Å². The Labute approximate surface area is 189 Å². The second-order valence-corrected chi connectivity index (χ2v) is 7.92. The number of benzene rings is 2. The Morgan fingerprint density at radius 1 is 1.09 bits per heavy atom. The molecule has 2 heterocycles. The van der Waals surface area contributed by atoms with Crippen LogP contribution < -0.4 is 15.5 Å². The third-order valence-electron chi connectivity index (χ3n) is 5.28. The average Bonchev–Trinajstić information content (AvgIpc) is 3.27. The summed E-state index contributed by atoms with van der Waals surface area (Å²) in [6, 6.07) is 9.21. The van der Waals surface area contributed by atoms with Crippen molar-refractivity contribution in [2.75, 3.05) is 22.1 Å². The Kier molecular flexibility index (Phi) is 6.36. The van der Waals surface area contributed by atoms with Crippen molar-refractivity contribution in [1.29, 1.82) is 0 Å². The van der Waals surface area contributed by atoms with Crippen LogP contribution in [0.2, 0.25) is 5.02 Å². The van der Waals surface area contributed by atoms with E-state index in [-0.39, 0.29) is 18.0 Å². The first-order valence-electron chi connectivity index (χ1n) is 10.2. The zero-order valence-electron chi connectivity index (χ0n) is 17.1. The van der Waals surface area contributed by atoms with Crippen LogP contribution in [-0.4, -0.2) is 41.7 Å². The highest BCUT2D eigenvalue weighted by molar-refractivity contribution is 6.30. The van der Waals surface area contributed by atoms with Gasteiger partial charge in [0.2, 0.25) is 11.8 Å². The van der Waals surface area contributed by atoms with Gasteiger partial charge in [0, 0.05) is 42.0 Å². The SMILES string of the molecule is O=C(Nc1ccc(N2CCCCC2=O)cc1F)C1CC=NN1C(=O)Nc1ccc(Cl)cc1. The molecule has 0 aromatic heterocycles. The zero-order valence-corrected chi connectivity index (χ0v) is 17.8. The summed E-state index contributed by atoms with van der Waals surface area (Å²) in [5.74, 6) is -1.28. The topological polar surface area (TPSA) is 94.1 Å². The molecular weight excluding hydrogens is 437 g/mol. The molecular formula is C22H21ClFN5O3. The molecule has 10 heteroatoms. The molecule has 1 atom stereocenters. The van der Waals surface area contributed by atoms with E-state index in [1.807, 2.05) is 0 Å². The number of halogens is 2. The minimum absolute atomic E-state index is 0.0341. The van der Waals surface area contributed by atoms with Crippen molar-refractivity contribution in [2.45, 2.75) is 31.7 Å². The molecule has 0 spiro atoms. The molecule has 2 aromatic carbocycles. The molecule has 32 heavy (non-hydrogen) atoms. The standard InChI is InChI=1S/C22H21ClFN5O3/c23-14-4-6-15(7-5-14)26-22(32)29-19(10-11-25-29)21(31)27-18-9-8-16(13-17(18)24)28-12-2-1-3-20(28)30/h4-9,11,13,19H,1-3,10,12H2,(H,26,32)(H,27,31). The lowest BCUT2D eigenvalue weighted by molar-refractivity contribution is -0.120. The molecule has 166 valence electrons. The molecule has 0 bridgehead atoms. The Balaban J connectivity index is 1.42. The summed E-state index contributed by atoms with van der Waals surface area (Å²) in [6.45, 7) is 0.543. The predicted octanol–water partition coefficient (Wildman–Crippen LogP) is 4.23. The van der Waals surface area contributed by atoms with Gasteiger partial charge >= 0.3 is 6.03 Å². The van der Waals surface area contributed by atoms with E-state index in [4.69, 9.17) is 11.6 Å². The lowest BCUT2D eigenvalue weighted by atomic mass is 10.1. The maximum atomic E-state index is 14.7. The zero-order chi connectivity index (χ0) is 22.7. The van der Waals surface area contributed by atoms with E-state index in [0.29, 0.717) is 29.4 Å². The Morgan fingerprint density at radius 3 is 2.59 bits per heavy atom. The number of carbonyl (C=O) groups is 3. The first kappa shape index (κ1) is 21.8. The average molecular weight is 458 g/mol. The highest BCUT2D eigenvalue weighted by Crippen LogP contribution is 2.26. The van der Waals surface area contributed by atoms with Crippen LogP contribution in [0.15, 0.2) is 47.6 Å². The molecule has 0 radical (unpaired) electrons. The van der Waals surface area contributed by atoms with Gasteiger partial charge in [0.15, 0.2) is 0 Å². The van der Waals surface area contributed by atoms with Crippen molar-refractivity contribution in [3.05, 3.63) is 53.3 Å². The van der Waals surface area contributed by atoms with E-state index in [1.54, 1.807) is 35.2 Å². The molecule has 4 rings (SSSR count). The minimum atomic E-state index is -0.926. The van der Waals surface area contributed by atoms with E-state index in [2.05, 4.69) is 15.7 Å². The largest absolute Gasteiger partial charge is 0.343 e. The third-order valence-corrected chi connectivity index (χ3v) is 5.53. The molecule has 8 nitrogen and oxygen atoms in total. The number of hydrazone groups is 1. The molecule has 2 aromatic rings. The summed E-state index contributed by atoms with van der Waals surface area (Å²) in [4.78, 5) is 38.9. The maximum absolute atomic E-state index is 14.7. The molecule has 0 saturated carbocycles. The van der Waals surface area contributed by atoms with E-state index < -0.39 is 23.8 Å². The summed E-state index contributed by atoms with van der Waals surface area (Å²) in [5, 5.41) is 10.7. The summed E-state index contributed by atoms with van der Waals surface area (Å²) in [6.07, 6.45) is 3.78. The number of hydrogen-bond acceptors (Lipinski definition) is 4. The minimum Gasteiger partial charge on any atom is -0.322 e. The summed E-state index contributed by atoms with van der Waals surface area (Å²) in [7, 11) is 0. The van der Waals surface area contributed by atoms with Crippen LogP contribution in [-0.2, 0) is 9.59 Å². The second kappa shape index (κ2) is 9.35. The number of rotatable bonds is 4. The summed E-state index contributed by atoms with van der Waals surface area (Å²) >= 11 is 5.84. The van der Waals surface area contributed by atoms with Gasteiger partial charge in [0.25, 0.3) is 0 Å². The lowest BCUT2D eigenvalue weighted by Crippen LogP contribution is -2.43.